The Kier molecular flexibility index (Phi) is 5.02. The second-order valence-corrected chi connectivity index (χ2v) is 6.52. The van der Waals surface area contributed by atoms with Crippen LogP contribution in [0.15, 0.2) is 42.7 Å². The topological polar surface area (TPSA) is 60.9 Å². The minimum atomic E-state index is -0.0259. The van der Waals surface area contributed by atoms with Crippen LogP contribution in [0.5, 0.6) is 11.5 Å². The van der Waals surface area contributed by atoms with Crippen LogP contribution >= 0.6 is 0 Å². The number of ether oxygens (including phenoxy) is 3. The molecule has 0 bridgehead atoms. The number of carbonyl (C=O) groups is 1. The van der Waals surface area contributed by atoms with Crippen LogP contribution in [0.25, 0.3) is 0 Å². The number of hydrogen-bond acceptors (Lipinski definition) is 5. The molecule has 3 heterocycles. The maximum absolute atomic E-state index is 13.0. The van der Waals surface area contributed by atoms with Crippen molar-refractivity contribution in [2.75, 3.05) is 26.3 Å². The quantitative estimate of drug-likeness (QED) is 0.845. The molecule has 1 fully saturated rings. The number of pyridine rings is 1. The Bertz CT molecular complexity index is 766. The second kappa shape index (κ2) is 7.74. The Hall–Kier alpha value is -2.60. The van der Waals surface area contributed by atoms with Crippen LogP contribution in [0.1, 0.15) is 28.8 Å². The van der Waals surface area contributed by atoms with Gasteiger partial charge in [0, 0.05) is 25.5 Å². The van der Waals surface area contributed by atoms with Gasteiger partial charge < -0.3 is 19.1 Å². The van der Waals surface area contributed by atoms with E-state index in [1.165, 1.54) is 0 Å². The van der Waals surface area contributed by atoms with E-state index >= 15 is 0 Å². The molecule has 26 heavy (non-hydrogen) atoms. The predicted octanol–water partition coefficient (Wildman–Crippen LogP) is 2.67. The fraction of sp³-hybridized carbons (Fsp3) is 0.400. The third-order valence-corrected chi connectivity index (χ3v) is 4.67. The Balaban J connectivity index is 1.42. The second-order valence-electron chi connectivity index (χ2n) is 6.52. The molecular weight excluding hydrogens is 332 g/mol. The third kappa shape index (κ3) is 3.65. The van der Waals surface area contributed by atoms with Crippen molar-refractivity contribution < 1.29 is 19.0 Å². The van der Waals surface area contributed by atoms with E-state index in [9.17, 15) is 4.79 Å². The van der Waals surface area contributed by atoms with Crippen molar-refractivity contribution in [1.29, 1.82) is 0 Å². The molecule has 6 heteroatoms. The van der Waals surface area contributed by atoms with Gasteiger partial charge in [0.25, 0.3) is 5.91 Å². The largest absolute Gasteiger partial charge is 0.486 e. The summed E-state index contributed by atoms with van der Waals surface area (Å²) < 4.78 is 17.3. The molecule has 2 aliphatic rings. The van der Waals surface area contributed by atoms with E-state index in [1.807, 2.05) is 29.2 Å². The van der Waals surface area contributed by atoms with Crippen LogP contribution in [-0.4, -0.2) is 48.2 Å². The SMILES string of the molecule is O=C(c1cccc2c1OCCO2)N1CCCC(OCc2cccnc2)C1. The van der Waals surface area contributed by atoms with Crippen LogP contribution in [0.2, 0.25) is 0 Å². The average molecular weight is 354 g/mol. The molecule has 2 aliphatic heterocycles. The van der Waals surface area contributed by atoms with Crippen molar-refractivity contribution in [3.05, 3.63) is 53.9 Å². The molecule has 1 unspecified atom stereocenters. The van der Waals surface area contributed by atoms with Crippen molar-refractivity contribution in [1.82, 2.24) is 9.88 Å². The summed E-state index contributed by atoms with van der Waals surface area (Å²) in [5.41, 5.74) is 1.61. The lowest BCUT2D eigenvalue weighted by Crippen LogP contribution is -2.43. The molecular formula is C20H22N2O4. The normalized spacial score (nSPS) is 19.2. The fourth-order valence-electron chi connectivity index (χ4n) is 3.37. The minimum Gasteiger partial charge on any atom is -0.486 e. The van der Waals surface area contributed by atoms with Gasteiger partial charge in [-0.3, -0.25) is 9.78 Å². The van der Waals surface area contributed by atoms with Crippen LogP contribution in [0.3, 0.4) is 0 Å². The molecule has 1 saturated heterocycles. The van der Waals surface area contributed by atoms with Crippen molar-refractivity contribution >= 4 is 5.91 Å². The Morgan fingerprint density at radius 3 is 3.04 bits per heavy atom. The van der Waals surface area contributed by atoms with Gasteiger partial charge in [0.2, 0.25) is 0 Å². The predicted molar refractivity (Wildman–Crippen MR) is 95.4 cm³/mol. The molecule has 1 aromatic carbocycles. The number of para-hydroxylation sites is 1. The molecule has 0 aliphatic carbocycles. The smallest absolute Gasteiger partial charge is 0.257 e. The standard InChI is InChI=1S/C20H22N2O4/c23-20(17-6-1-7-18-19(17)25-11-10-24-18)22-9-3-5-16(13-22)26-14-15-4-2-8-21-12-15/h1-2,4,6-8,12,16H,3,5,9-11,13-14H2. The summed E-state index contributed by atoms with van der Waals surface area (Å²) in [6.45, 7) is 2.81. The number of nitrogens with zero attached hydrogens (tertiary/aromatic N) is 2. The van der Waals surface area contributed by atoms with Gasteiger partial charge in [-0.2, -0.15) is 0 Å². The molecule has 2 aromatic rings. The summed E-state index contributed by atoms with van der Waals surface area (Å²) in [6.07, 6.45) is 5.47. The van der Waals surface area contributed by atoms with E-state index in [2.05, 4.69) is 4.98 Å². The molecule has 1 amide bonds. The van der Waals surface area contributed by atoms with Gasteiger partial charge in [-0.05, 0) is 36.6 Å². The molecule has 1 atom stereocenters. The maximum Gasteiger partial charge on any atom is 0.257 e. The van der Waals surface area contributed by atoms with Gasteiger partial charge in [0.05, 0.1) is 18.3 Å². The Labute approximate surface area is 152 Å². The average Bonchev–Trinajstić information content (AvgIpc) is 2.72. The van der Waals surface area contributed by atoms with Crippen molar-refractivity contribution in [2.45, 2.75) is 25.6 Å². The molecule has 0 radical (unpaired) electrons. The van der Waals surface area contributed by atoms with Gasteiger partial charge in [-0.15, -0.1) is 0 Å². The lowest BCUT2D eigenvalue weighted by molar-refractivity contribution is -0.00697. The van der Waals surface area contributed by atoms with Gasteiger partial charge in [0.15, 0.2) is 11.5 Å². The first-order valence-electron chi connectivity index (χ1n) is 8.99. The number of benzene rings is 1. The number of likely N-dealkylation sites (tertiary alicyclic amines) is 1. The first-order valence-corrected chi connectivity index (χ1v) is 8.99. The summed E-state index contributed by atoms with van der Waals surface area (Å²) in [4.78, 5) is 19.0. The fourth-order valence-corrected chi connectivity index (χ4v) is 3.37. The van der Waals surface area contributed by atoms with E-state index in [0.29, 0.717) is 43.4 Å². The molecule has 136 valence electrons. The summed E-state index contributed by atoms with van der Waals surface area (Å²) in [6, 6.07) is 9.36. The van der Waals surface area contributed by atoms with Crippen LogP contribution in [0.4, 0.5) is 0 Å². The van der Waals surface area contributed by atoms with E-state index in [0.717, 1.165) is 24.9 Å². The van der Waals surface area contributed by atoms with E-state index in [-0.39, 0.29) is 12.0 Å². The molecule has 6 nitrogen and oxygen atoms in total. The Morgan fingerprint density at radius 2 is 2.15 bits per heavy atom. The maximum atomic E-state index is 13.0. The summed E-state index contributed by atoms with van der Waals surface area (Å²) in [5.74, 6) is 1.17. The van der Waals surface area contributed by atoms with Crippen molar-refractivity contribution in [3.63, 3.8) is 0 Å². The third-order valence-electron chi connectivity index (χ3n) is 4.67. The first-order chi connectivity index (χ1) is 12.8. The van der Waals surface area contributed by atoms with Crippen molar-refractivity contribution in [3.8, 4) is 11.5 Å². The van der Waals surface area contributed by atoms with E-state index in [1.54, 1.807) is 18.5 Å². The van der Waals surface area contributed by atoms with E-state index < -0.39 is 0 Å². The minimum absolute atomic E-state index is 0.0259. The van der Waals surface area contributed by atoms with Gasteiger partial charge >= 0.3 is 0 Å². The highest BCUT2D eigenvalue weighted by molar-refractivity contribution is 5.98. The highest BCUT2D eigenvalue weighted by Crippen LogP contribution is 2.34. The zero-order chi connectivity index (χ0) is 17.8. The monoisotopic (exact) mass is 354 g/mol. The number of aromatic nitrogens is 1. The van der Waals surface area contributed by atoms with Crippen LogP contribution in [-0.2, 0) is 11.3 Å². The summed E-state index contributed by atoms with van der Waals surface area (Å²) in [7, 11) is 0. The lowest BCUT2D eigenvalue weighted by atomic mass is 10.1. The zero-order valence-electron chi connectivity index (χ0n) is 14.6. The Morgan fingerprint density at radius 1 is 1.23 bits per heavy atom. The highest BCUT2D eigenvalue weighted by atomic mass is 16.6. The molecule has 1 aromatic heterocycles. The number of amides is 1. The number of piperidine rings is 1. The van der Waals surface area contributed by atoms with E-state index in [4.69, 9.17) is 14.2 Å². The molecule has 0 N–H and O–H groups in total. The number of rotatable bonds is 4. The van der Waals surface area contributed by atoms with Crippen molar-refractivity contribution in [2.24, 2.45) is 0 Å². The lowest BCUT2D eigenvalue weighted by Gasteiger charge is -2.33. The summed E-state index contributed by atoms with van der Waals surface area (Å²) in [5, 5.41) is 0. The molecule has 0 spiro atoms. The van der Waals surface area contributed by atoms with Crippen LogP contribution < -0.4 is 9.47 Å². The van der Waals surface area contributed by atoms with Crippen LogP contribution in [0, 0.1) is 0 Å². The van der Waals surface area contributed by atoms with Gasteiger partial charge in [-0.25, -0.2) is 0 Å². The number of fused-ring (bicyclic) bond motifs is 1. The molecule has 4 rings (SSSR count). The highest BCUT2D eigenvalue weighted by Gasteiger charge is 2.28. The first kappa shape index (κ1) is 16.8. The number of hydrogen-bond donors (Lipinski definition) is 0. The molecule has 0 saturated carbocycles. The summed E-state index contributed by atoms with van der Waals surface area (Å²) >= 11 is 0. The van der Waals surface area contributed by atoms with Gasteiger partial charge in [0.1, 0.15) is 13.2 Å². The van der Waals surface area contributed by atoms with Gasteiger partial charge in [-0.1, -0.05) is 12.1 Å². The zero-order valence-corrected chi connectivity index (χ0v) is 14.6. The number of carbonyl (C=O) groups excluding carboxylic acids is 1.